The summed E-state index contributed by atoms with van der Waals surface area (Å²) in [5, 5.41) is 9.43. The van der Waals surface area contributed by atoms with E-state index < -0.39 is 0 Å². The van der Waals surface area contributed by atoms with Crippen LogP contribution in [0.4, 0.5) is 0 Å². The average molecular weight is 206 g/mol. The van der Waals surface area contributed by atoms with E-state index in [1.807, 2.05) is 0 Å². The van der Waals surface area contributed by atoms with E-state index in [0.717, 1.165) is 32.7 Å². The summed E-state index contributed by atoms with van der Waals surface area (Å²) < 4.78 is 5.39. The predicted octanol–water partition coefficient (Wildman–Crippen LogP) is 1.40. The predicted molar refractivity (Wildman–Crippen MR) is 56.2 cm³/mol. The minimum atomic E-state index is -0.00958. The second-order valence-corrected chi connectivity index (χ2v) is 5.40. The standard InChI is InChI=1S/C12H18N2O/c1-11(14-4-6-15-7-5-14)8-10-2-3-12(10,11)9-13/h10H,2-8H2,1H3. The van der Waals surface area contributed by atoms with Crippen LogP contribution >= 0.6 is 0 Å². The van der Waals surface area contributed by atoms with Gasteiger partial charge in [0.2, 0.25) is 0 Å². The van der Waals surface area contributed by atoms with Gasteiger partial charge in [-0.05, 0) is 32.1 Å². The topological polar surface area (TPSA) is 36.3 Å². The molecule has 3 aliphatic rings. The van der Waals surface area contributed by atoms with Gasteiger partial charge in [-0.15, -0.1) is 0 Å². The highest BCUT2D eigenvalue weighted by Crippen LogP contribution is 2.68. The van der Waals surface area contributed by atoms with Crippen molar-refractivity contribution in [3.8, 4) is 6.07 Å². The first-order valence-corrected chi connectivity index (χ1v) is 5.97. The van der Waals surface area contributed by atoms with Crippen molar-refractivity contribution in [2.45, 2.75) is 31.7 Å². The van der Waals surface area contributed by atoms with Crippen molar-refractivity contribution in [1.82, 2.24) is 4.90 Å². The van der Waals surface area contributed by atoms with Gasteiger partial charge in [0, 0.05) is 18.6 Å². The number of fused-ring (bicyclic) bond motifs is 1. The van der Waals surface area contributed by atoms with Crippen LogP contribution in [-0.4, -0.2) is 36.7 Å². The van der Waals surface area contributed by atoms with Gasteiger partial charge in [0.1, 0.15) is 0 Å². The Morgan fingerprint density at radius 1 is 1.40 bits per heavy atom. The fourth-order valence-electron chi connectivity index (χ4n) is 3.89. The first-order valence-electron chi connectivity index (χ1n) is 5.97. The lowest BCUT2D eigenvalue weighted by molar-refractivity contribution is -0.200. The van der Waals surface area contributed by atoms with Crippen LogP contribution in [0.15, 0.2) is 0 Å². The number of ether oxygens (including phenoxy) is 1. The lowest BCUT2D eigenvalue weighted by Crippen LogP contribution is -2.74. The van der Waals surface area contributed by atoms with Crippen molar-refractivity contribution >= 4 is 0 Å². The quantitative estimate of drug-likeness (QED) is 0.650. The average Bonchev–Trinajstić information content (AvgIpc) is 2.27. The van der Waals surface area contributed by atoms with E-state index in [0.29, 0.717) is 5.92 Å². The summed E-state index contributed by atoms with van der Waals surface area (Å²) in [5.74, 6) is 0.690. The van der Waals surface area contributed by atoms with Crippen molar-refractivity contribution < 1.29 is 4.74 Å². The first kappa shape index (κ1) is 9.62. The Bertz CT molecular complexity index is 318. The second-order valence-electron chi connectivity index (χ2n) is 5.40. The maximum absolute atomic E-state index is 9.43. The highest BCUT2D eigenvalue weighted by molar-refractivity contribution is 5.29. The SMILES string of the molecule is CC1(N2CCOCC2)CC2CCC21C#N. The molecule has 82 valence electrons. The van der Waals surface area contributed by atoms with Gasteiger partial charge in [-0.1, -0.05) is 0 Å². The molecular weight excluding hydrogens is 188 g/mol. The maximum atomic E-state index is 9.43. The summed E-state index contributed by atoms with van der Waals surface area (Å²) in [6.45, 7) is 5.97. The van der Waals surface area contributed by atoms with Crippen LogP contribution in [0.3, 0.4) is 0 Å². The van der Waals surface area contributed by atoms with E-state index in [-0.39, 0.29) is 11.0 Å². The molecule has 3 heteroatoms. The summed E-state index contributed by atoms with van der Waals surface area (Å²) in [6, 6.07) is 2.62. The molecule has 2 saturated carbocycles. The largest absolute Gasteiger partial charge is 0.379 e. The summed E-state index contributed by atoms with van der Waals surface area (Å²) in [4.78, 5) is 2.50. The third-order valence-corrected chi connectivity index (χ3v) is 5.10. The van der Waals surface area contributed by atoms with Gasteiger partial charge in [-0.3, -0.25) is 4.90 Å². The Kier molecular flexibility index (Phi) is 1.90. The minimum absolute atomic E-state index is 0.00958. The third kappa shape index (κ3) is 0.971. The van der Waals surface area contributed by atoms with Gasteiger partial charge in [-0.2, -0.15) is 5.26 Å². The zero-order valence-electron chi connectivity index (χ0n) is 9.33. The molecule has 0 aromatic rings. The molecule has 3 unspecified atom stereocenters. The Balaban J connectivity index is 1.82. The number of morpholine rings is 1. The fraction of sp³-hybridized carbons (Fsp3) is 0.917. The maximum Gasteiger partial charge on any atom is 0.0783 e. The van der Waals surface area contributed by atoms with Gasteiger partial charge >= 0.3 is 0 Å². The van der Waals surface area contributed by atoms with Crippen molar-refractivity contribution in [2.75, 3.05) is 26.3 Å². The Labute approximate surface area is 91.0 Å². The lowest BCUT2D eigenvalue weighted by Gasteiger charge is -2.70. The fourth-order valence-corrected chi connectivity index (χ4v) is 3.89. The van der Waals surface area contributed by atoms with Gasteiger partial charge in [0.05, 0.1) is 24.7 Å². The molecule has 0 amide bonds. The third-order valence-electron chi connectivity index (χ3n) is 5.10. The zero-order valence-corrected chi connectivity index (χ0v) is 9.33. The zero-order chi connectivity index (χ0) is 10.5. The Hall–Kier alpha value is -0.590. The molecule has 15 heavy (non-hydrogen) atoms. The van der Waals surface area contributed by atoms with Crippen LogP contribution in [-0.2, 0) is 4.74 Å². The molecule has 0 radical (unpaired) electrons. The monoisotopic (exact) mass is 206 g/mol. The Morgan fingerprint density at radius 3 is 2.60 bits per heavy atom. The summed E-state index contributed by atoms with van der Waals surface area (Å²) in [6.07, 6.45) is 3.61. The molecular formula is C12H18N2O. The molecule has 1 aliphatic heterocycles. The van der Waals surface area contributed by atoms with Gasteiger partial charge < -0.3 is 4.74 Å². The van der Waals surface area contributed by atoms with Crippen LogP contribution in [0.1, 0.15) is 26.2 Å². The van der Waals surface area contributed by atoms with Crippen molar-refractivity contribution in [3.05, 3.63) is 0 Å². The summed E-state index contributed by atoms with van der Waals surface area (Å²) in [7, 11) is 0. The molecule has 3 fully saturated rings. The minimum Gasteiger partial charge on any atom is -0.379 e. The molecule has 3 rings (SSSR count). The summed E-state index contributed by atoms with van der Waals surface area (Å²) in [5.41, 5.74) is 0.138. The van der Waals surface area contributed by atoms with E-state index in [9.17, 15) is 5.26 Å². The van der Waals surface area contributed by atoms with E-state index in [2.05, 4.69) is 17.9 Å². The molecule has 1 saturated heterocycles. The summed E-state index contributed by atoms with van der Waals surface area (Å²) >= 11 is 0. The first-order chi connectivity index (χ1) is 7.23. The highest BCUT2D eigenvalue weighted by atomic mass is 16.5. The smallest absolute Gasteiger partial charge is 0.0783 e. The van der Waals surface area contributed by atoms with E-state index in [1.54, 1.807) is 0 Å². The normalized spacial score (nSPS) is 49.7. The number of rotatable bonds is 1. The molecule has 0 N–H and O–H groups in total. The van der Waals surface area contributed by atoms with Crippen LogP contribution < -0.4 is 0 Å². The molecule has 1 heterocycles. The van der Waals surface area contributed by atoms with Crippen LogP contribution in [0.2, 0.25) is 0 Å². The van der Waals surface area contributed by atoms with Gasteiger partial charge in [-0.25, -0.2) is 0 Å². The van der Waals surface area contributed by atoms with Crippen molar-refractivity contribution in [2.24, 2.45) is 11.3 Å². The molecule has 3 nitrogen and oxygen atoms in total. The van der Waals surface area contributed by atoms with Gasteiger partial charge in [0.25, 0.3) is 0 Å². The van der Waals surface area contributed by atoms with Crippen molar-refractivity contribution in [1.29, 1.82) is 5.26 Å². The molecule has 0 spiro atoms. The number of nitriles is 1. The highest BCUT2D eigenvalue weighted by Gasteiger charge is 2.70. The number of nitrogens with zero attached hydrogens (tertiary/aromatic N) is 2. The Morgan fingerprint density at radius 2 is 2.13 bits per heavy atom. The molecule has 0 bridgehead atoms. The van der Waals surface area contributed by atoms with Crippen molar-refractivity contribution in [3.63, 3.8) is 0 Å². The van der Waals surface area contributed by atoms with E-state index in [1.165, 1.54) is 12.8 Å². The lowest BCUT2D eigenvalue weighted by atomic mass is 9.39. The van der Waals surface area contributed by atoms with Gasteiger partial charge in [0.15, 0.2) is 0 Å². The van der Waals surface area contributed by atoms with E-state index >= 15 is 0 Å². The number of hydrogen-bond donors (Lipinski definition) is 0. The van der Waals surface area contributed by atoms with Crippen LogP contribution in [0, 0.1) is 22.7 Å². The molecule has 0 aromatic heterocycles. The molecule has 3 atom stereocenters. The van der Waals surface area contributed by atoms with Crippen LogP contribution in [0.25, 0.3) is 0 Å². The second kappa shape index (κ2) is 2.96. The molecule has 2 aliphatic carbocycles. The number of hydrogen-bond acceptors (Lipinski definition) is 3. The van der Waals surface area contributed by atoms with E-state index in [4.69, 9.17) is 4.74 Å². The van der Waals surface area contributed by atoms with Crippen LogP contribution in [0.5, 0.6) is 0 Å². The molecule has 0 aromatic carbocycles.